The van der Waals surface area contributed by atoms with E-state index in [1.165, 1.54) is 6.42 Å². The van der Waals surface area contributed by atoms with Crippen LogP contribution in [0.2, 0.25) is 0 Å². The highest BCUT2D eigenvalue weighted by atomic mass is 16.3. The molecule has 0 radical (unpaired) electrons. The summed E-state index contributed by atoms with van der Waals surface area (Å²) in [7, 11) is 3.56. The molecule has 0 aliphatic heterocycles. The molecule has 0 spiro atoms. The van der Waals surface area contributed by atoms with E-state index in [0.29, 0.717) is 18.8 Å². The third-order valence-electron chi connectivity index (χ3n) is 3.24. The Morgan fingerprint density at radius 3 is 2.75 bits per heavy atom. The zero-order chi connectivity index (χ0) is 11.7. The first-order valence-corrected chi connectivity index (χ1v) is 5.86. The topological polar surface area (TPSA) is 33.5 Å². The number of carbonyl (C=O) groups is 1. The minimum Gasteiger partial charge on any atom is -0.466 e. The van der Waals surface area contributed by atoms with Gasteiger partial charge in [-0.15, -0.1) is 0 Å². The van der Waals surface area contributed by atoms with Crippen LogP contribution >= 0.6 is 0 Å². The Morgan fingerprint density at radius 1 is 1.50 bits per heavy atom. The van der Waals surface area contributed by atoms with E-state index in [9.17, 15) is 4.79 Å². The normalized spacial score (nSPS) is 23.2. The smallest absolute Gasteiger partial charge is 0.222 e. The molecule has 1 aromatic rings. The monoisotopic (exact) mass is 221 g/mol. The standard InChI is InChI=1S/C13H19NO2/c1-9-8-11(9)12-6-4-10(16-12)5-7-13(15)14(2)3/h4,6,9,11H,5,7-8H2,1-3H3/t9-,11+/m1/s1. The summed E-state index contributed by atoms with van der Waals surface area (Å²) in [5, 5.41) is 0. The van der Waals surface area contributed by atoms with E-state index < -0.39 is 0 Å². The summed E-state index contributed by atoms with van der Waals surface area (Å²) < 4.78 is 5.74. The fraction of sp³-hybridized carbons (Fsp3) is 0.615. The Bertz CT molecular complexity index is 381. The van der Waals surface area contributed by atoms with Crippen molar-refractivity contribution in [2.75, 3.05) is 14.1 Å². The van der Waals surface area contributed by atoms with Crippen LogP contribution in [0.3, 0.4) is 0 Å². The Kier molecular flexibility index (Phi) is 3.03. The van der Waals surface area contributed by atoms with Gasteiger partial charge in [0, 0.05) is 32.9 Å². The second-order valence-corrected chi connectivity index (χ2v) is 4.91. The van der Waals surface area contributed by atoms with Crippen molar-refractivity contribution in [3.05, 3.63) is 23.7 Å². The number of amides is 1. The van der Waals surface area contributed by atoms with Crippen molar-refractivity contribution >= 4 is 5.91 Å². The fourth-order valence-electron chi connectivity index (χ4n) is 1.90. The molecular formula is C13H19NO2. The Hall–Kier alpha value is -1.25. The van der Waals surface area contributed by atoms with Crippen LogP contribution in [0.5, 0.6) is 0 Å². The van der Waals surface area contributed by atoms with Crippen molar-refractivity contribution < 1.29 is 9.21 Å². The van der Waals surface area contributed by atoms with E-state index in [2.05, 4.69) is 13.0 Å². The van der Waals surface area contributed by atoms with Gasteiger partial charge in [-0.2, -0.15) is 0 Å². The average molecular weight is 221 g/mol. The molecule has 0 saturated heterocycles. The fourth-order valence-corrected chi connectivity index (χ4v) is 1.90. The molecule has 2 atom stereocenters. The lowest BCUT2D eigenvalue weighted by Gasteiger charge is -2.08. The van der Waals surface area contributed by atoms with Crippen molar-refractivity contribution in [3.8, 4) is 0 Å². The quantitative estimate of drug-likeness (QED) is 0.782. The SMILES string of the molecule is C[C@@H]1C[C@@H]1c1ccc(CCC(=O)N(C)C)o1. The summed E-state index contributed by atoms with van der Waals surface area (Å²) in [5.74, 6) is 3.57. The molecule has 1 heterocycles. The molecule has 2 rings (SSSR count). The highest BCUT2D eigenvalue weighted by molar-refractivity contribution is 5.75. The average Bonchev–Trinajstić information content (AvgIpc) is 2.80. The van der Waals surface area contributed by atoms with Crippen LogP contribution < -0.4 is 0 Å². The Morgan fingerprint density at radius 2 is 2.19 bits per heavy atom. The molecule has 0 bridgehead atoms. The van der Waals surface area contributed by atoms with Crippen molar-refractivity contribution in [3.63, 3.8) is 0 Å². The van der Waals surface area contributed by atoms with Crippen LogP contribution in [0.15, 0.2) is 16.5 Å². The summed E-state index contributed by atoms with van der Waals surface area (Å²) in [6, 6.07) is 4.06. The molecule has 0 N–H and O–H groups in total. The van der Waals surface area contributed by atoms with Gasteiger partial charge in [0.05, 0.1) is 0 Å². The molecule has 1 aliphatic rings. The van der Waals surface area contributed by atoms with Crippen LogP contribution in [0.25, 0.3) is 0 Å². The maximum absolute atomic E-state index is 11.4. The van der Waals surface area contributed by atoms with Crippen LogP contribution in [0, 0.1) is 5.92 Å². The zero-order valence-corrected chi connectivity index (χ0v) is 10.2. The van der Waals surface area contributed by atoms with E-state index in [-0.39, 0.29) is 5.91 Å². The van der Waals surface area contributed by atoms with E-state index in [4.69, 9.17) is 4.42 Å². The molecule has 3 nitrogen and oxygen atoms in total. The van der Waals surface area contributed by atoms with Crippen molar-refractivity contribution in [1.82, 2.24) is 4.90 Å². The molecule has 0 aromatic carbocycles. The third-order valence-corrected chi connectivity index (χ3v) is 3.24. The van der Waals surface area contributed by atoms with Crippen molar-refractivity contribution in [2.45, 2.75) is 32.1 Å². The first kappa shape index (κ1) is 11.2. The van der Waals surface area contributed by atoms with Gasteiger partial charge in [0.25, 0.3) is 0 Å². The molecule has 1 saturated carbocycles. The van der Waals surface area contributed by atoms with Gasteiger partial charge in [-0.1, -0.05) is 6.92 Å². The van der Waals surface area contributed by atoms with E-state index >= 15 is 0 Å². The largest absolute Gasteiger partial charge is 0.466 e. The highest BCUT2D eigenvalue weighted by Gasteiger charge is 2.36. The lowest BCUT2D eigenvalue weighted by Crippen LogP contribution is -2.21. The minimum absolute atomic E-state index is 0.151. The van der Waals surface area contributed by atoms with Gasteiger partial charge in [0.15, 0.2) is 0 Å². The molecule has 0 unspecified atom stereocenters. The molecule has 16 heavy (non-hydrogen) atoms. The summed E-state index contributed by atoms with van der Waals surface area (Å²) in [5.41, 5.74) is 0. The molecule has 1 aliphatic carbocycles. The minimum atomic E-state index is 0.151. The summed E-state index contributed by atoms with van der Waals surface area (Å²) in [4.78, 5) is 13.0. The third kappa shape index (κ3) is 2.46. The predicted octanol–water partition coefficient (Wildman–Crippen LogP) is 2.42. The van der Waals surface area contributed by atoms with Gasteiger partial charge in [-0.25, -0.2) is 0 Å². The number of nitrogens with zero attached hydrogens (tertiary/aromatic N) is 1. The number of rotatable bonds is 4. The van der Waals surface area contributed by atoms with Gasteiger partial charge in [-0.05, 0) is 24.5 Å². The first-order valence-electron chi connectivity index (χ1n) is 5.86. The second-order valence-electron chi connectivity index (χ2n) is 4.91. The first-order chi connectivity index (χ1) is 7.58. The van der Waals surface area contributed by atoms with E-state index in [1.54, 1.807) is 19.0 Å². The van der Waals surface area contributed by atoms with Crippen molar-refractivity contribution in [1.29, 1.82) is 0 Å². The molecule has 1 fully saturated rings. The maximum atomic E-state index is 11.4. The van der Waals surface area contributed by atoms with Gasteiger partial charge >= 0.3 is 0 Å². The van der Waals surface area contributed by atoms with Gasteiger partial charge < -0.3 is 9.32 Å². The molecule has 1 aromatic heterocycles. The number of hydrogen-bond donors (Lipinski definition) is 0. The maximum Gasteiger partial charge on any atom is 0.222 e. The zero-order valence-electron chi connectivity index (χ0n) is 10.2. The molecule has 1 amide bonds. The number of hydrogen-bond acceptors (Lipinski definition) is 2. The second kappa shape index (κ2) is 4.32. The summed E-state index contributed by atoms with van der Waals surface area (Å²) >= 11 is 0. The Labute approximate surface area is 96.4 Å². The van der Waals surface area contributed by atoms with Crippen LogP contribution in [-0.4, -0.2) is 24.9 Å². The van der Waals surface area contributed by atoms with Crippen LogP contribution in [-0.2, 0) is 11.2 Å². The molecule has 3 heteroatoms. The highest BCUT2D eigenvalue weighted by Crippen LogP contribution is 2.47. The van der Waals surface area contributed by atoms with Gasteiger partial charge in [-0.3, -0.25) is 4.79 Å². The predicted molar refractivity (Wildman–Crippen MR) is 62.2 cm³/mol. The summed E-state index contributed by atoms with van der Waals surface area (Å²) in [6.45, 7) is 2.24. The number of carbonyl (C=O) groups excluding carboxylic acids is 1. The lowest BCUT2D eigenvalue weighted by atomic mass is 10.2. The summed E-state index contributed by atoms with van der Waals surface area (Å²) in [6.07, 6.45) is 2.47. The van der Waals surface area contributed by atoms with Gasteiger partial charge in [0.2, 0.25) is 5.91 Å². The lowest BCUT2D eigenvalue weighted by molar-refractivity contribution is -0.128. The number of furan rings is 1. The Balaban J connectivity index is 1.86. The molecular weight excluding hydrogens is 202 g/mol. The number of aryl methyl sites for hydroxylation is 1. The van der Waals surface area contributed by atoms with Gasteiger partial charge in [0.1, 0.15) is 11.5 Å². The van der Waals surface area contributed by atoms with E-state index in [0.717, 1.165) is 17.4 Å². The van der Waals surface area contributed by atoms with E-state index in [1.807, 2.05) is 6.07 Å². The van der Waals surface area contributed by atoms with Crippen molar-refractivity contribution in [2.24, 2.45) is 5.92 Å². The molecule has 88 valence electrons. The van der Waals surface area contributed by atoms with Crippen LogP contribution in [0.1, 0.15) is 37.2 Å². The van der Waals surface area contributed by atoms with Crippen LogP contribution in [0.4, 0.5) is 0 Å².